The summed E-state index contributed by atoms with van der Waals surface area (Å²) >= 11 is 1.72. The molecule has 0 atom stereocenters. The van der Waals surface area contributed by atoms with Gasteiger partial charge < -0.3 is 16.0 Å². The van der Waals surface area contributed by atoms with E-state index in [9.17, 15) is 4.79 Å². The minimum atomic E-state index is -0.0287. The predicted molar refractivity (Wildman–Crippen MR) is 124 cm³/mol. The summed E-state index contributed by atoms with van der Waals surface area (Å²) in [7, 11) is 1.76. The van der Waals surface area contributed by atoms with Crippen molar-refractivity contribution in [2.24, 2.45) is 10.9 Å². The number of thiazole rings is 1. The van der Waals surface area contributed by atoms with Crippen LogP contribution in [-0.4, -0.2) is 30.4 Å². The van der Waals surface area contributed by atoms with Crippen LogP contribution in [-0.2, 0) is 17.8 Å². The largest absolute Gasteiger partial charge is 0.356 e. The quantitative estimate of drug-likeness (QED) is 0.308. The Morgan fingerprint density at radius 1 is 1.22 bits per heavy atom. The van der Waals surface area contributed by atoms with Gasteiger partial charge in [0.1, 0.15) is 0 Å². The molecule has 0 aliphatic rings. The van der Waals surface area contributed by atoms with E-state index in [0.29, 0.717) is 6.54 Å². The summed E-state index contributed by atoms with van der Waals surface area (Å²) in [5, 5.41) is 10.6. The highest BCUT2D eigenvalue weighted by Gasteiger charge is 2.07. The average Bonchev–Trinajstić information content (AvgIpc) is 3.04. The Morgan fingerprint density at radius 2 is 1.93 bits per heavy atom. The molecule has 0 unspecified atom stereocenters. The molecule has 2 aromatic rings. The van der Waals surface area contributed by atoms with E-state index in [0.717, 1.165) is 35.2 Å². The summed E-state index contributed by atoms with van der Waals surface area (Å²) in [4.78, 5) is 21.5. The van der Waals surface area contributed by atoms with Gasteiger partial charge in [-0.15, -0.1) is 35.3 Å². The predicted octanol–water partition coefficient (Wildman–Crippen LogP) is 3.57. The highest BCUT2D eigenvalue weighted by atomic mass is 127. The lowest BCUT2D eigenvalue weighted by Crippen LogP contribution is -2.37. The van der Waals surface area contributed by atoms with Crippen molar-refractivity contribution in [3.63, 3.8) is 0 Å². The lowest BCUT2D eigenvalue weighted by atomic mass is 10.1. The van der Waals surface area contributed by atoms with Crippen molar-refractivity contribution in [3.8, 4) is 0 Å². The van der Waals surface area contributed by atoms with Crippen molar-refractivity contribution in [1.82, 2.24) is 15.6 Å². The maximum Gasteiger partial charge on any atom is 0.226 e. The van der Waals surface area contributed by atoms with Crippen LogP contribution in [0, 0.1) is 12.8 Å². The highest BCUT2D eigenvalue weighted by Crippen LogP contribution is 2.12. The van der Waals surface area contributed by atoms with Gasteiger partial charge in [-0.2, -0.15) is 0 Å². The van der Waals surface area contributed by atoms with Crippen molar-refractivity contribution < 1.29 is 4.79 Å². The number of anilines is 1. The summed E-state index contributed by atoms with van der Waals surface area (Å²) in [6.07, 6.45) is 2.78. The third kappa shape index (κ3) is 8.25. The first-order chi connectivity index (χ1) is 12.5. The molecule has 0 fully saturated rings. The van der Waals surface area contributed by atoms with Gasteiger partial charge in [0.25, 0.3) is 0 Å². The summed E-state index contributed by atoms with van der Waals surface area (Å²) in [6, 6.07) is 7.82. The first kappa shape index (κ1) is 23.4. The van der Waals surface area contributed by atoms with Gasteiger partial charge >= 0.3 is 0 Å². The van der Waals surface area contributed by atoms with Crippen LogP contribution in [0.1, 0.15) is 29.3 Å². The summed E-state index contributed by atoms with van der Waals surface area (Å²) in [5.41, 5.74) is 1.93. The molecular weight excluding hydrogens is 473 g/mol. The van der Waals surface area contributed by atoms with Crippen LogP contribution >= 0.6 is 35.3 Å². The standard InChI is InChI=1S/C19H27N5OS.HI/c1-13(2)18(25)24-16-7-5-15(6-8-16)12-23-19(20-4)21-10-9-17-22-11-14(3)26-17;/h5-8,11,13H,9-10,12H2,1-4H3,(H,24,25)(H2,20,21,23);1H. The second-order valence-electron chi connectivity index (χ2n) is 6.31. The Hall–Kier alpha value is -1.68. The molecule has 0 spiro atoms. The van der Waals surface area contributed by atoms with Gasteiger partial charge in [0.05, 0.1) is 5.01 Å². The number of guanidine groups is 1. The van der Waals surface area contributed by atoms with Gasteiger partial charge in [-0.3, -0.25) is 9.79 Å². The van der Waals surface area contributed by atoms with Gasteiger partial charge in [-0.1, -0.05) is 26.0 Å². The zero-order chi connectivity index (χ0) is 18.9. The Morgan fingerprint density at radius 3 is 2.48 bits per heavy atom. The third-order valence-electron chi connectivity index (χ3n) is 3.73. The molecule has 0 aliphatic heterocycles. The molecular formula is C19H28IN5OS. The summed E-state index contributed by atoms with van der Waals surface area (Å²) in [5.74, 6) is 0.755. The van der Waals surface area contributed by atoms with Crippen LogP contribution in [0.25, 0.3) is 0 Å². The van der Waals surface area contributed by atoms with E-state index in [4.69, 9.17) is 0 Å². The molecule has 3 N–H and O–H groups in total. The average molecular weight is 501 g/mol. The second-order valence-corrected chi connectivity index (χ2v) is 7.63. The van der Waals surface area contributed by atoms with E-state index in [1.807, 2.05) is 44.3 Å². The third-order valence-corrected chi connectivity index (χ3v) is 4.70. The van der Waals surface area contributed by atoms with Crippen molar-refractivity contribution >= 4 is 52.9 Å². The molecule has 0 bridgehead atoms. The van der Waals surface area contributed by atoms with Gasteiger partial charge in [-0.25, -0.2) is 4.98 Å². The van der Waals surface area contributed by atoms with Crippen molar-refractivity contribution in [1.29, 1.82) is 0 Å². The van der Waals surface area contributed by atoms with Gasteiger partial charge in [0, 0.05) is 49.2 Å². The zero-order valence-corrected chi connectivity index (χ0v) is 19.4. The Labute approximate surface area is 182 Å². The van der Waals surface area contributed by atoms with Gasteiger partial charge in [0.15, 0.2) is 5.96 Å². The first-order valence-electron chi connectivity index (χ1n) is 8.73. The number of nitrogens with zero attached hydrogens (tertiary/aromatic N) is 2. The van der Waals surface area contributed by atoms with Gasteiger partial charge in [-0.05, 0) is 24.6 Å². The molecule has 8 heteroatoms. The van der Waals surface area contributed by atoms with Crippen molar-refractivity contribution in [2.75, 3.05) is 18.9 Å². The molecule has 0 saturated heterocycles. The number of rotatable bonds is 7. The van der Waals surface area contributed by atoms with Crippen LogP contribution in [0.4, 0.5) is 5.69 Å². The topological polar surface area (TPSA) is 78.4 Å². The first-order valence-corrected chi connectivity index (χ1v) is 9.55. The van der Waals surface area contributed by atoms with E-state index in [1.54, 1.807) is 18.4 Å². The molecule has 27 heavy (non-hydrogen) atoms. The van der Waals surface area contributed by atoms with E-state index in [2.05, 4.69) is 32.9 Å². The van der Waals surface area contributed by atoms with Crippen molar-refractivity contribution in [2.45, 2.75) is 33.7 Å². The number of halogens is 1. The molecule has 1 aromatic carbocycles. The lowest BCUT2D eigenvalue weighted by molar-refractivity contribution is -0.118. The minimum absolute atomic E-state index is 0. The Kier molecular flexibility index (Phi) is 10.3. The monoisotopic (exact) mass is 501 g/mol. The Bertz CT molecular complexity index is 743. The number of carbonyl (C=O) groups is 1. The fraction of sp³-hybridized carbons (Fsp3) is 0.421. The SMILES string of the molecule is CN=C(NCCc1ncc(C)s1)NCc1ccc(NC(=O)C(C)C)cc1.I. The number of aliphatic imine (C=N–C) groups is 1. The molecule has 6 nitrogen and oxygen atoms in total. The van der Waals surface area contributed by atoms with Crippen LogP contribution in [0.15, 0.2) is 35.5 Å². The molecule has 1 aromatic heterocycles. The molecule has 0 radical (unpaired) electrons. The van der Waals surface area contributed by atoms with Crippen LogP contribution in [0.2, 0.25) is 0 Å². The van der Waals surface area contributed by atoms with Crippen LogP contribution in [0.5, 0.6) is 0 Å². The molecule has 0 aliphatic carbocycles. The number of hydrogen-bond donors (Lipinski definition) is 3. The fourth-order valence-electron chi connectivity index (χ4n) is 2.20. The van der Waals surface area contributed by atoms with E-state index >= 15 is 0 Å². The molecule has 0 saturated carbocycles. The fourth-order valence-corrected chi connectivity index (χ4v) is 2.99. The van der Waals surface area contributed by atoms with Crippen LogP contribution < -0.4 is 16.0 Å². The molecule has 148 valence electrons. The zero-order valence-electron chi connectivity index (χ0n) is 16.2. The number of benzene rings is 1. The van der Waals surface area contributed by atoms with E-state index in [1.165, 1.54) is 4.88 Å². The number of aromatic nitrogens is 1. The molecule has 1 amide bonds. The Balaban J connectivity index is 0.00000364. The minimum Gasteiger partial charge on any atom is -0.356 e. The molecule has 1 heterocycles. The maximum absolute atomic E-state index is 11.7. The van der Waals surface area contributed by atoms with E-state index < -0.39 is 0 Å². The van der Waals surface area contributed by atoms with Gasteiger partial charge in [0.2, 0.25) is 5.91 Å². The maximum atomic E-state index is 11.7. The van der Waals surface area contributed by atoms with E-state index in [-0.39, 0.29) is 35.8 Å². The number of aryl methyl sites for hydroxylation is 1. The smallest absolute Gasteiger partial charge is 0.226 e. The van der Waals surface area contributed by atoms with Crippen LogP contribution in [0.3, 0.4) is 0 Å². The van der Waals surface area contributed by atoms with Crippen molar-refractivity contribution in [3.05, 3.63) is 45.9 Å². The summed E-state index contributed by atoms with van der Waals surface area (Å²) in [6.45, 7) is 7.26. The highest BCUT2D eigenvalue weighted by molar-refractivity contribution is 14.0. The number of nitrogens with one attached hydrogen (secondary N) is 3. The number of hydrogen-bond acceptors (Lipinski definition) is 4. The second kappa shape index (κ2) is 11.9. The lowest BCUT2D eigenvalue weighted by Gasteiger charge is -2.12. The number of carbonyl (C=O) groups excluding carboxylic acids is 1. The normalized spacial score (nSPS) is 11.1. The molecule has 2 rings (SSSR count). The summed E-state index contributed by atoms with van der Waals surface area (Å²) < 4.78 is 0. The number of amides is 1.